The molecule has 2 heterocycles. The number of hydrogen-bond donors (Lipinski definition) is 1. The van der Waals surface area contributed by atoms with Crippen molar-refractivity contribution in [3.8, 4) is 11.5 Å². The minimum Gasteiger partial charge on any atom is -0.493 e. The molecule has 24 heavy (non-hydrogen) atoms. The van der Waals surface area contributed by atoms with Crippen molar-refractivity contribution in [2.24, 2.45) is 0 Å². The molecule has 0 fully saturated rings. The molecule has 0 amide bonds. The normalized spacial score (nSPS) is 16.4. The number of Topliss-reactive ketones (excluding diaryl/α,β-unsaturated/α-hetero) is 1. The second kappa shape index (κ2) is 6.35. The third-order valence-corrected chi connectivity index (χ3v) is 3.98. The van der Waals surface area contributed by atoms with E-state index in [1.165, 1.54) is 6.33 Å². The van der Waals surface area contributed by atoms with Crippen molar-refractivity contribution in [1.82, 2.24) is 14.8 Å². The fourth-order valence-corrected chi connectivity index (χ4v) is 2.98. The Labute approximate surface area is 140 Å². The molecule has 0 saturated heterocycles. The van der Waals surface area contributed by atoms with Gasteiger partial charge in [0.1, 0.15) is 12.4 Å². The van der Waals surface area contributed by atoms with Crippen LogP contribution in [0.15, 0.2) is 35.8 Å². The molecule has 1 aliphatic rings. The average molecular weight is 328 g/mol. The van der Waals surface area contributed by atoms with Crippen LogP contribution in [-0.2, 0) is 4.79 Å². The van der Waals surface area contributed by atoms with Gasteiger partial charge in [-0.05, 0) is 38.5 Å². The summed E-state index contributed by atoms with van der Waals surface area (Å²) in [6, 6.07) is 5.29. The molecule has 0 saturated carbocycles. The molecule has 3 rings (SSSR count). The average Bonchev–Trinajstić information content (AvgIpc) is 3.01. The Hall–Kier alpha value is -2.83. The van der Waals surface area contributed by atoms with Crippen LogP contribution in [0.1, 0.15) is 32.4 Å². The molecule has 2 aromatic rings. The second-order valence-electron chi connectivity index (χ2n) is 5.49. The molecule has 0 radical (unpaired) electrons. The van der Waals surface area contributed by atoms with Crippen molar-refractivity contribution in [1.29, 1.82) is 0 Å². The van der Waals surface area contributed by atoms with E-state index in [-0.39, 0.29) is 11.8 Å². The van der Waals surface area contributed by atoms with Crippen molar-refractivity contribution >= 4 is 11.7 Å². The maximum Gasteiger partial charge on any atom is 0.226 e. The molecule has 1 unspecified atom stereocenters. The highest BCUT2D eigenvalue weighted by atomic mass is 16.5. The van der Waals surface area contributed by atoms with E-state index in [0.29, 0.717) is 29.6 Å². The number of rotatable bonds is 5. The van der Waals surface area contributed by atoms with Crippen LogP contribution in [-0.4, -0.2) is 34.3 Å². The Morgan fingerprint density at radius 2 is 2.17 bits per heavy atom. The Morgan fingerprint density at radius 3 is 2.83 bits per heavy atom. The Kier molecular flexibility index (Phi) is 4.24. The number of carbonyl (C=O) groups excluding carboxylic acids is 1. The zero-order chi connectivity index (χ0) is 17.3. The number of allylic oxidation sites excluding steroid dienone is 2. The van der Waals surface area contributed by atoms with E-state index in [2.05, 4.69) is 15.4 Å². The van der Waals surface area contributed by atoms with Crippen molar-refractivity contribution in [2.75, 3.05) is 19.0 Å². The summed E-state index contributed by atoms with van der Waals surface area (Å²) in [4.78, 5) is 16.4. The Balaban J connectivity index is 2.14. The molecule has 0 aliphatic carbocycles. The highest BCUT2D eigenvalue weighted by Crippen LogP contribution is 2.38. The van der Waals surface area contributed by atoms with E-state index < -0.39 is 0 Å². The summed E-state index contributed by atoms with van der Waals surface area (Å²) in [5.41, 5.74) is 2.31. The van der Waals surface area contributed by atoms with Crippen molar-refractivity contribution in [2.45, 2.75) is 26.8 Å². The van der Waals surface area contributed by atoms with Crippen LogP contribution in [0.4, 0.5) is 5.95 Å². The number of ketones is 1. The molecule has 1 N–H and O–H groups in total. The standard InChI is InChI=1S/C17H20N4O3/c1-5-24-13-7-6-12(8-14(13)23-4)16-15(11(3)22)10(2)20-17-18-9-19-21(16)17/h6-9,16H,5H2,1-4H3,(H,18,19,20). The zero-order valence-corrected chi connectivity index (χ0v) is 14.2. The van der Waals surface area contributed by atoms with Gasteiger partial charge in [0.2, 0.25) is 5.95 Å². The molecule has 1 atom stereocenters. The van der Waals surface area contributed by atoms with Crippen LogP contribution in [0.5, 0.6) is 11.5 Å². The fraction of sp³-hybridized carbons (Fsp3) is 0.353. The van der Waals surface area contributed by atoms with E-state index >= 15 is 0 Å². The maximum atomic E-state index is 12.2. The van der Waals surface area contributed by atoms with Gasteiger partial charge < -0.3 is 14.8 Å². The van der Waals surface area contributed by atoms with Crippen LogP contribution < -0.4 is 14.8 Å². The molecule has 0 bridgehead atoms. The molecule has 7 nitrogen and oxygen atoms in total. The molecule has 1 aromatic carbocycles. The van der Waals surface area contributed by atoms with Crippen LogP contribution in [0.3, 0.4) is 0 Å². The second-order valence-corrected chi connectivity index (χ2v) is 5.49. The number of anilines is 1. The Bertz CT molecular complexity index is 810. The monoisotopic (exact) mass is 328 g/mol. The lowest BCUT2D eigenvalue weighted by Gasteiger charge is -2.28. The van der Waals surface area contributed by atoms with Gasteiger partial charge >= 0.3 is 0 Å². The Morgan fingerprint density at radius 1 is 1.38 bits per heavy atom. The van der Waals surface area contributed by atoms with Gasteiger partial charge in [-0.15, -0.1) is 0 Å². The molecule has 0 spiro atoms. The molecule has 1 aliphatic heterocycles. The first-order valence-electron chi connectivity index (χ1n) is 7.75. The van der Waals surface area contributed by atoms with Crippen molar-refractivity contribution in [3.63, 3.8) is 0 Å². The largest absolute Gasteiger partial charge is 0.493 e. The first kappa shape index (κ1) is 16.0. The zero-order valence-electron chi connectivity index (χ0n) is 14.2. The lowest BCUT2D eigenvalue weighted by molar-refractivity contribution is -0.114. The number of hydrogen-bond acceptors (Lipinski definition) is 6. The van der Waals surface area contributed by atoms with Gasteiger partial charge in [0.25, 0.3) is 0 Å². The van der Waals surface area contributed by atoms with Gasteiger partial charge in [0.15, 0.2) is 17.3 Å². The minimum atomic E-state index is -0.356. The summed E-state index contributed by atoms with van der Waals surface area (Å²) in [5.74, 6) is 1.88. The third-order valence-electron chi connectivity index (χ3n) is 3.98. The molecule has 7 heteroatoms. The van der Waals surface area contributed by atoms with E-state index in [1.807, 2.05) is 32.0 Å². The van der Waals surface area contributed by atoms with Gasteiger partial charge in [-0.25, -0.2) is 4.68 Å². The highest BCUT2D eigenvalue weighted by molar-refractivity contribution is 5.96. The lowest BCUT2D eigenvalue weighted by Crippen LogP contribution is -2.27. The number of nitrogens with zero attached hydrogens (tertiary/aromatic N) is 3. The van der Waals surface area contributed by atoms with Crippen LogP contribution in [0.2, 0.25) is 0 Å². The van der Waals surface area contributed by atoms with Crippen molar-refractivity contribution in [3.05, 3.63) is 41.4 Å². The number of fused-ring (bicyclic) bond motifs is 1. The van der Waals surface area contributed by atoms with Crippen LogP contribution >= 0.6 is 0 Å². The summed E-state index contributed by atoms with van der Waals surface area (Å²) in [6.45, 7) is 5.89. The summed E-state index contributed by atoms with van der Waals surface area (Å²) in [7, 11) is 1.60. The fourth-order valence-electron chi connectivity index (χ4n) is 2.98. The van der Waals surface area contributed by atoms with Gasteiger partial charge in [-0.2, -0.15) is 10.1 Å². The number of nitrogens with one attached hydrogen (secondary N) is 1. The van der Waals surface area contributed by atoms with Crippen LogP contribution in [0, 0.1) is 0 Å². The third kappa shape index (κ3) is 2.62. The van der Waals surface area contributed by atoms with Gasteiger partial charge in [-0.3, -0.25) is 4.79 Å². The van der Waals surface area contributed by atoms with Gasteiger partial charge in [0.05, 0.1) is 13.7 Å². The van der Waals surface area contributed by atoms with Crippen molar-refractivity contribution < 1.29 is 14.3 Å². The minimum absolute atomic E-state index is 0.0148. The molecule has 126 valence electrons. The van der Waals surface area contributed by atoms with E-state index in [4.69, 9.17) is 9.47 Å². The molecular formula is C17H20N4O3. The van der Waals surface area contributed by atoms with E-state index in [1.54, 1.807) is 18.7 Å². The first-order chi connectivity index (χ1) is 11.6. The predicted molar refractivity (Wildman–Crippen MR) is 89.3 cm³/mol. The first-order valence-corrected chi connectivity index (χ1v) is 7.75. The lowest BCUT2D eigenvalue weighted by atomic mass is 9.93. The maximum absolute atomic E-state index is 12.2. The van der Waals surface area contributed by atoms with Gasteiger partial charge in [0, 0.05) is 11.3 Å². The molecular weight excluding hydrogens is 308 g/mol. The van der Waals surface area contributed by atoms with E-state index in [9.17, 15) is 4.79 Å². The van der Waals surface area contributed by atoms with Crippen LogP contribution in [0.25, 0.3) is 0 Å². The molecule has 1 aromatic heterocycles. The number of methoxy groups -OCH3 is 1. The summed E-state index contributed by atoms with van der Waals surface area (Å²) in [6.07, 6.45) is 1.47. The number of benzene rings is 1. The summed E-state index contributed by atoms with van der Waals surface area (Å²) < 4.78 is 12.7. The number of carbonyl (C=O) groups is 1. The smallest absolute Gasteiger partial charge is 0.226 e. The van der Waals surface area contributed by atoms with E-state index in [0.717, 1.165) is 11.3 Å². The summed E-state index contributed by atoms with van der Waals surface area (Å²) >= 11 is 0. The highest BCUT2D eigenvalue weighted by Gasteiger charge is 2.32. The quantitative estimate of drug-likeness (QED) is 0.909. The van der Waals surface area contributed by atoms with Gasteiger partial charge in [-0.1, -0.05) is 6.07 Å². The topological polar surface area (TPSA) is 78.3 Å². The number of aromatic nitrogens is 3. The predicted octanol–water partition coefficient (Wildman–Crippen LogP) is 2.56. The summed E-state index contributed by atoms with van der Waals surface area (Å²) in [5, 5.41) is 7.40. The SMILES string of the molecule is CCOc1ccc(C2C(C(C)=O)=C(C)Nc3ncnn32)cc1OC. The number of ether oxygens (including phenoxy) is 2.